The number of fused-ring (bicyclic) bond motifs is 1. The molecule has 11 nitrogen and oxygen atoms in total. The molecule has 0 saturated carbocycles. The molecule has 0 spiro atoms. The third kappa shape index (κ3) is 5.28. The van der Waals surface area contributed by atoms with Crippen LogP contribution in [0, 0.1) is 6.92 Å². The quantitative estimate of drug-likeness (QED) is 0.242. The Hall–Kier alpha value is -4.62. The highest BCUT2D eigenvalue weighted by atomic mass is 19.3. The lowest BCUT2D eigenvalue weighted by Crippen LogP contribution is -2.51. The molecule has 0 aliphatic carbocycles. The summed E-state index contributed by atoms with van der Waals surface area (Å²) in [5, 5.41) is 16.9. The van der Waals surface area contributed by atoms with Crippen molar-refractivity contribution in [3.8, 4) is 28.7 Å². The van der Waals surface area contributed by atoms with Crippen LogP contribution in [-0.2, 0) is 11.3 Å². The maximum Gasteiger partial charge on any atom is 0.282 e. The van der Waals surface area contributed by atoms with E-state index in [4.69, 9.17) is 9.47 Å². The first-order chi connectivity index (χ1) is 19.8. The molecule has 0 atom stereocenters. The van der Waals surface area contributed by atoms with Crippen molar-refractivity contribution in [2.45, 2.75) is 32.9 Å². The molecule has 0 aromatic carbocycles. The smallest absolute Gasteiger partial charge is 0.282 e. The first kappa shape index (κ1) is 26.6. The third-order valence-corrected chi connectivity index (χ3v) is 6.91. The van der Waals surface area contributed by atoms with E-state index in [1.165, 1.54) is 17.7 Å². The van der Waals surface area contributed by atoms with E-state index in [9.17, 15) is 13.6 Å². The van der Waals surface area contributed by atoms with E-state index in [1.54, 1.807) is 55.2 Å². The zero-order chi connectivity index (χ0) is 28.7. The van der Waals surface area contributed by atoms with Gasteiger partial charge in [-0.1, -0.05) is 0 Å². The first-order valence-corrected chi connectivity index (χ1v) is 12.9. The average molecular weight is 561 g/mol. The molecule has 13 heteroatoms. The fraction of sp³-hybridized carbons (Fsp3) is 0.286. The number of hydrogen-bond donors (Lipinski definition) is 0. The van der Waals surface area contributed by atoms with Crippen molar-refractivity contribution in [1.29, 1.82) is 0 Å². The number of methoxy groups -OCH3 is 1. The van der Waals surface area contributed by atoms with Gasteiger partial charge >= 0.3 is 0 Å². The molecular formula is C28H26F2N8O3. The number of alkyl halides is 2. The number of pyridine rings is 2. The number of carbonyl (C=O) groups is 1. The summed E-state index contributed by atoms with van der Waals surface area (Å²) in [7, 11) is 1.72. The van der Waals surface area contributed by atoms with Crippen LogP contribution in [0.5, 0.6) is 11.6 Å². The number of ketones is 1. The number of aryl methyl sites for hydroxylation is 1. The van der Waals surface area contributed by atoms with Crippen LogP contribution in [0.2, 0.25) is 0 Å². The standard InChI is InChI=1S/C28H26F2N8O3/c1-16-10-24(27(29)30)35-38(16)28-21(17(2)39)6-7-23(32-28)22-11-31-37-15-19(5-8-25(22)37)41-26-9-4-18(33-34-26)12-36-13-20(14-36)40-3/h4-11,15,20,27H,12-14H2,1-3H3. The zero-order valence-electron chi connectivity index (χ0n) is 22.5. The van der Waals surface area contributed by atoms with Crippen molar-refractivity contribution in [3.05, 3.63) is 77.5 Å². The molecular weight excluding hydrogens is 534 g/mol. The molecule has 6 rings (SSSR count). The number of hydrogen-bond acceptors (Lipinski definition) is 9. The molecule has 0 amide bonds. The van der Waals surface area contributed by atoms with Gasteiger partial charge in [0, 0.05) is 44.1 Å². The van der Waals surface area contributed by atoms with Gasteiger partial charge in [-0.25, -0.2) is 23.0 Å². The lowest BCUT2D eigenvalue weighted by Gasteiger charge is -2.37. The highest BCUT2D eigenvalue weighted by Gasteiger charge is 2.26. The highest BCUT2D eigenvalue weighted by molar-refractivity contribution is 5.97. The van der Waals surface area contributed by atoms with Crippen LogP contribution in [0.3, 0.4) is 0 Å². The van der Waals surface area contributed by atoms with Gasteiger partial charge in [-0.3, -0.25) is 9.69 Å². The normalized spacial score (nSPS) is 14.1. The van der Waals surface area contributed by atoms with Gasteiger partial charge in [0.2, 0.25) is 5.88 Å². The summed E-state index contributed by atoms with van der Waals surface area (Å²) in [5.74, 6) is 0.772. The number of aromatic nitrogens is 7. The summed E-state index contributed by atoms with van der Waals surface area (Å²) in [5.41, 5.74) is 3.07. The van der Waals surface area contributed by atoms with Gasteiger partial charge in [-0.15, -0.1) is 5.10 Å². The van der Waals surface area contributed by atoms with Gasteiger partial charge < -0.3 is 9.47 Å². The fourth-order valence-electron chi connectivity index (χ4n) is 4.71. The Morgan fingerprint density at radius 1 is 1.12 bits per heavy atom. The molecule has 1 aliphatic rings. The number of carbonyl (C=O) groups excluding carboxylic acids is 1. The number of likely N-dealkylation sites (tertiary alicyclic amines) is 1. The van der Waals surface area contributed by atoms with Crippen LogP contribution >= 0.6 is 0 Å². The molecule has 210 valence electrons. The Bertz CT molecular complexity index is 1730. The summed E-state index contributed by atoms with van der Waals surface area (Å²) in [6, 6.07) is 11.8. The second kappa shape index (κ2) is 10.7. The molecule has 5 aromatic heterocycles. The molecule has 1 aliphatic heterocycles. The Labute approximate surface area is 233 Å². The van der Waals surface area contributed by atoms with Gasteiger partial charge in [-0.05, 0) is 50.2 Å². The van der Waals surface area contributed by atoms with Gasteiger partial charge in [0.15, 0.2) is 11.6 Å². The SMILES string of the molecule is COC1CN(Cc2ccc(Oc3ccc4c(-c5ccc(C(C)=O)c(-n6nc(C(F)F)cc6C)n5)cnn4c3)nn2)C1. The third-order valence-electron chi connectivity index (χ3n) is 6.91. The Balaban J connectivity index is 1.24. The summed E-state index contributed by atoms with van der Waals surface area (Å²) in [4.78, 5) is 19.2. The van der Waals surface area contributed by atoms with Crippen molar-refractivity contribution in [1.82, 2.24) is 39.5 Å². The van der Waals surface area contributed by atoms with Gasteiger partial charge in [0.1, 0.15) is 11.4 Å². The van der Waals surface area contributed by atoms with Gasteiger partial charge in [-0.2, -0.15) is 15.3 Å². The van der Waals surface area contributed by atoms with Crippen molar-refractivity contribution in [2.75, 3.05) is 20.2 Å². The second-order valence-electron chi connectivity index (χ2n) is 9.82. The van der Waals surface area contributed by atoms with E-state index in [2.05, 4.69) is 30.3 Å². The highest BCUT2D eigenvalue weighted by Crippen LogP contribution is 2.29. The summed E-state index contributed by atoms with van der Waals surface area (Å²) in [6.45, 7) is 5.48. The van der Waals surface area contributed by atoms with Crippen molar-refractivity contribution in [2.24, 2.45) is 0 Å². The van der Waals surface area contributed by atoms with E-state index in [-0.39, 0.29) is 29.0 Å². The maximum absolute atomic E-state index is 13.3. The summed E-state index contributed by atoms with van der Waals surface area (Å²) < 4.78 is 40.7. The number of ether oxygens (including phenoxy) is 2. The molecule has 1 saturated heterocycles. The van der Waals surface area contributed by atoms with Crippen LogP contribution in [0.4, 0.5) is 8.78 Å². The van der Waals surface area contributed by atoms with E-state index in [1.807, 2.05) is 12.1 Å². The number of halogens is 2. The molecule has 0 unspecified atom stereocenters. The molecule has 0 radical (unpaired) electrons. The molecule has 0 N–H and O–H groups in total. The number of Topliss-reactive ketones (excluding diaryl/α,β-unsaturated/α-hetero) is 1. The molecule has 5 aromatic rings. The summed E-state index contributed by atoms with van der Waals surface area (Å²) in [6.07, 6.45) is 0.880. The lowest BCUT2D eigenvalue weighted by molar-refractivity contribution is -0.0340. The van der Waals surface area contributed by atoms with Crippen molar-refractivity contribution in [3.63, 3.8) is 0 Å². The Morgan fingerprint density at radius 3 is 2.63 bits per heavy atom. The fourth-order valence-corrected chi connectivity index (χ4v) is 4.71. The van der Waals surface area contributed by atoms with E-state index in [0.29, 0.717) is 35.1 Å². The first-order valence-electron chi connectivity index (χ1n) is 12.9. The van der Waals surface area contributed by atoms with Gasteiger partial charge in [0.05, 0.1) is 41.0 Å². The second-order valence-corrected chi connectivity index (χ2v) is 9.82. The Kier molecular flexibility index (Phi) is 6.97. The van der Waals surface area contributed by atoms with E-state index in [0.717, 1.165) is 24.3 Å². The minimum absolute atomic E-state index is 0.174. The molecule has 41 heavy (non-hydrogen) atoms. The molecule has 1 fully saturated rings. The topological polar surface area (TPSA) is 113 Å². The van der Waals surface area contributed by atoms with Gasteiger partial charge in [0.25, 0.3) is 6.43 Å². The largest absolute Gasteiger partial charge is 0.436 e. The van der Waals surface area contributed by atoms with Crippen LogP contribution in [0.15, 0.2) is 54.9 Å². The van der Waals surface area contributed by atoms with Crippen LogP contribution in [0.1, 0.15) is 40.8 Å². The van der Waals surface area contributed by atoms with Crippen molar-refractivity contribution >= 4 is 11.3 Å². The predicted molar refractivity (Wildman–Crippen MR) is 143 cm³/mol. The minimum atomic E-state index is -2.74. The monoisotopic (exact) mass is 560 g/mol. The number of nitrogens with zero attached hydrogens (tertiary/aromatic N) is 8. The average Bonchev–Trinajstić information content (AvgIpc) is 3.54. The zero-order valence-corrected chi connectivity index (χ0v) is 22.5. The Morgan fingerprint density at radius 2 is 1.95 bits per heavy atom. The van der Waals surface area contributed by atoms with E-state index < -0.39 is 6.43 Å². The number of rotatable bonds is 9. The van der Waals surface area contributed by atoms with Crippen LogP contribution in [-0.4, -0.2) is 71.6 Å². The minimum Gasteiger partial charge on any atom is -0.436 e. The van der Waals surface area contributed by atoms with Crippen LogP contribution < -0.4 is 4.74 Å². The van der Waals surface area contributed by atoms with E-state index >= 15 is 0 Å². The molecule has 0 bridgehead atoms. The van der Waals surface area contributed by atoms with Crippen LogP contribution in [0.25, 0.3) is 22.6 Å². The maximum atomic E-state index is 13.3. The lowest BCUT2D eigenvalue weighted by atomic mass is 10.1. The van der Waals surface area contributed by atoms with Crippen molar-refractivity contribution < 1.29 is 23.0 Å². The molecule has 6 heterocycles. The predicted octanol–water partition coefficient (Wildman–Crippen LogP) is 4.44. The summed E-state index contributed by atoms with van der Waals surface area (Å²) >= 11 is 0.